The molecule has 0 spiro atoms. The smallest absolute Gasteiger partial charge is 0.240 e. The van der Waals surface area contributed by atoms with Crippen LogP contribution in [0, 0.1) is 5.92 Å². The number of aryl methyl sites for hydroxylation is 1. The minimum atomic E-state index is -0.391. The lowest BCUT2D eigenvalue weighted by atomic mass is 9.83. The zero-order chi connectivity index (χ0) is 23.6. The summed E-state index contributed by atoms with van der Waals surface area (Å²) in [6.07, 6.45) is 6.68. The van der Waals surface area contributed by atoms with E-state index in [-0.39, 0.29) is 42.5 Å². The van der Waals surface area contributed by atoms with E-state index in [4.69, 9.17) is 4.74 Å². The highest BCUT2D eigenvalue weighted by atomic mass is 16.5. The standard InChI is InChI=1S/C24H36N4O5/c1-28-16-22(31)27-15-21(30)25-11-5-8-17-9-10-19(29)14-20(17)33-13-12-26-23(24(28)32)18-6-3-2-4-7-18/h9-10,14,18,23,26,29H,2-8,11-13,15-16H2,1H3,(H,25,30)(H,27,31). The van der Waals surface area contributed by atoms with Gasteiger partial charge in [0.05, 0.1) is 19.1 Å². The molecule has 0 radical (unpaired) electrons. The molecule has 182 valence electrons. The third-order valence-electron chi connectivity index (χ3n) is 6.31. The largest absolute Gasteiger partial charge is 0.508 e. The number of nitrogens with zero attached hydrogens (tertiary/aromatic N) is 1. The average molecular weight is 461 g/mol. The van der Waals surface area contributed by atoms with Crippen LogP contribution in [0.2, 0.25) is 0 Å². The predicted molar refractivity (Wildman–Crippen MR) is 124 cm³/mol. The number of nitrogens with one attached hydrogen (secondary N) is 3. The van der Waals surface area contributed by atoms with Crippen LogP contribution in [0.5, 0.6) is 11.5 Å². The lowest BCUT2D eigenvalue weighted by molar-refractivity contribution is -0.138. The van der Waals surface area contributed by atoms with Crippen molar-refractivity contribution in [1.29, 1.82) is 0 Å². The van der Waals surface area contributed by atoms with Crippen LogP contribution in [0.15, 0.2) is 18.2 Å². The zero-order valence-electron chi connectivity index (χ0n) is 19.4. The van der Waals surface area contributed by atoms with Crippen LogP contribution < -0.4 is 20.7 Å². The maximum atomic E-state index is 13.2. The molecule has 1 heterocycles. The van der Waals surface area contributed by atoms with Crippen LogP contribution in [0.4, 0.5) is 0 Å². The van der Waals surface area contributed by atoms with E-state index in [1.165, 1.54) is 11.3 Å². The highest BCUT2D eigenvalue weighted by molar-refractivity contribution is 5.89. The fraction of sp³-hybridized carbons (Fsp3) is 0.625. The SMILES string of the molecule is CN1CC(=O)NCC(=O)NCCCc2ccc(O)cc2OCCNC(C2CCCCC2)C1=O. The fourth-order valence-corrected chi connectivity index (χ4v) is 4.52. The number of phenolic OH excluding ortho intramolecular Hbond substituents is 1. The molecule has 9 heteroatoms. The lowest BCUT2D eigenvalue weighted by Gasteiger charge is -2.32. The summed E-state index contributed by atoms with van der Waals surface area (Å²) in [6.45, 7) is 1.04. The van der Waals surface area contributed by atoms with Crippen molar-refractivity contribution in [3.8, 4) is 11.5 Å². The van der Waals surface area contributed by atoms with Gasteiger partial charge in [0, 0.05) is 26.2 Å². The quantitative estimate of drug-likeness (QED) is 0.495. The molecule has 1 saturated carbocycles. The van der Waals surface area contributed by atoms with Gasteiger partial charge in [0.25, 0.3) is 0 Å². The minimum Gasteiger partial charge on any atom is -0.508 e. The fourth-order valence-electron chi connectivity index (χ4n) is 4.52. The normalized spacial score (nSPS) is 22.9. The zero-order valence-corrected chi connectivity index (χ0v) is 19.4. The number of rotatable bonds is 1. The van der Waals surface area contributed by atoms with Crippen LogP contribution >= 0.6 is 0 Å². The third kappa shape index (κ3) is 7.63. The molecular formula is C24H36N4O5. The molecular weight excluding hydrogens is 424 g/mol. The number of ether oxygens (including phenoxy) is 1. The molecule has 4 N–H and O–H groups in total. The lowest BCUT2D eigenvalue weighted by Crippen LogP contribution is -2.52. The van der Waals surface area contributed by atoms with Gasteiger partial charge in [-0.3, -0.25) is 14.4 Å². The molecule has 3 rings (SSSR count). The molecule has 1 unspecified atom stereocenters. The Morgan fingerprint density at radius 2 is 1.79 bits per heavy atom. The summed E-state index contributed by atoms with van der Waals surface area (Å²) in [5.41, 5.74) is 0.941. The van der Waals surface area contributed by atoms with Gasteiger partial charge in [0.1, 0.15) is 18.1 Å². The van der Waals surface area contributed by atoms with Crippen LogP contribution in [0.1, 0.15) is 44.1 Å². The molecule has 33 heavy (non-hydrogen) atoms. The number of hydrogen-bond acceptors (Lipinski definition) is 6. The van der Waals surface area contributed by atoms with Crippen molar-refractivity contribution in [2.24, 2.45) is 5.92 Å². The Morgan fingerprint density at radius 3 is 2.58 bits per heavy atom. The van der Waals surface area contributed by atoms with Gasteiger partial charge in [-0.1, -0.05) is 25.3 Å². The Bertz CT molecular complexity index is 825. The van der Waals surface area contributed by atoms with Crippen LogP contribution in [0.25, 0.3) is 0 Å². The first-order valence-corrected chi connectivity index (χ1v) is 11.9. The minimum absolute atomic E-state index is 0.0971. The predicted octanol–water partition coefficient (Wildman–Crippen LogP) is 0.947. The summed E-state index contributed by atoms with van der Waals surface area (Å²) < 4.78 is 5.95. The molecule has 1 aromatic rings. The Balaban J connectivity index is 1.73. The molecule has 1 fully saturated rings. The van der Waals surface area contributed by atoms with E-state index in [9.17, 15) is 19.5 Å². The number of aromatic hydroxyl groups is 1. The number of phenols is 1. The number of hydrogen-bond donors (Lipinski definition) is 4. The van der Waals surface area contributed by atoms with Crippen LogP contribution in [0.3, 0.4) is 0 Å². The van der Waals surface area contributed by atoms with Gasteiger partial charge in [0.2, 0.25) is 17.7 Å². The second-order valence-corrected chi connectivity index (χ2v) is 8.89. The van der Waals surface area contributed by atoms with E-state index in [0.717, 1.165) is 31.2 Å². The van der Waals surface area contributed by atoms with Crippen molar-refractivity contribution in [2.75, 3.05) is 39.8 Å². The number of fused-ring (bicyclic) bond motifs is 1. The van der Waals surface area contributed by atoms with Crippen molar-refractivity contribution < 1.29 is 24.2 Å². The molecule has 1 aliphatic heterocycles. The van der Waals surface area contributed by atoms with E-state index in [2.05, 4.69) is 16.0 Å². The van der Waals surface area contributed by atoms with E-state index in [1.807, 2.05) is 6.07 Å². The molecule has 2 aliphatic rings. The summed E-state index contributed by atoms with van der Waals surface area (Å²) in [7, 11) is 1.62. The van der Waals surface area contributed by atoms with Crippen LogP contribution in [-0.4, -0.2) is 73.6 Å². The van der Waals surface area contributed by atoms with Gasteiger partial charge in [-0.15, -0.1) is 0 Å². The topological polar surface area (TPSA) is 120 Å². The first-order valence-electron chi connectivity index (χ1n) is 11.9. The molecule has 1 atom stereocenters. The highest BCUT2D eigenvalue weighted by Crippen LogP contribution is 2.28. The van der Waals surface area contributed by atoms with E-state index in [1.54, 1.807) is 19.2 Å². The number of carbonyl (C=O) groups excluding carboxylic acids is 3. The molecule has 9 nitrogen and oxygen atoms in total. The number of benzene rings is 1. The van der Waals surface area contributed by atoms with Crippen molar-refractivity contribution in [2.45, 2.75) is 51.0 Å². The summed E-state index contributed by atoms with van der Waals surface area (Å²) in [5, 5.41) is 18.6. The second-order valence-electron chi connectivity index (χ2n) is 8.89. The first kappa shape index (κ1) is 24.8. The van der Waals surface area contributed by atoms with Crippen LogP contribution in [-0.2, 0) is 20.8 Å². The van der Waals surface area contributed by atoms with Gasteiger partial charge < -0.3 is 30.7 Å². The van der Waals surface area contributed by atoms with Gasteiger partial charge in [-0.05, 0) is 43.2 Å². The summed E-state index contributed by atoms with van der Waals surface area (Å²) in [5.74, 6) is 0.188. The van der Waals surface area contributed by atoms with Gasteiger partial charge >= 0.3 is 0 Å². The van der Waals surface area contributed by atoms with Crippen molar-refractivity contribution in [3.63, 3.8) is 0 Å². The summed E-state index contributed by atoms with van der Waals surface area (Å²) >= 11 is 0. The maximum Gasteiger partial charge on any atom is 0.240 e. The molecule has 3 amide bonds. The number of carbonyl (C=O) groups is 3. The average Bonchev–Trinajstić information content (AvgIpc) is 2.81. The molecule has 1 aliphatic carbocycles. The monoisotopic (exact) mass is 460 g/mol. The second kappa shape index (κ2) is 12.4. The number of likely N-dealkylation sites (N-methyl/N-ethyl adjacent to an activating group) is 1. The highest BCUT2D eigenvalue weighted by Gasteiger charge is 2.31. The van der Waals surface area contributed by atoms with E-state index in [0.29, 0.717) is 38.3 Å². The molecule has 0 saturated heterocycles. The van der Waals surface area contributed by atoms with Gasteiger partial charge in [-0.25, -0.2) is 0 Å². The maximum absolute atomic E-state index is 13.2. The first-order chi connectivity index (χ1) is 15.9. The third-order valence-corrected chi connectivity index (χ3v) is 6.31. The Kier molecular flexibility index (Phi) is 9.35. The Morgan fingerprint density at radius 1 is 1.00 bits per heavy atom. The van der Waals surface area contributed by atoms with Crippen molar-refractivity contribution in [3.05, 3.63) is 23.8 Å². The van der Waals surface area contributed by atoms with E-state index < -0.39 is 6.04 Å². The van der Waals surface area contributed by atoms with E-state index >= 15 is 0 Å². The molecule has 0 bridgehead atoms. The van der Waals surface area contributed by atoms with Crippen molar-refractivity contribution in [1.82, 2.24) is 20.9 Å². The van der Waals surface area contributed by atoms with Gasteiger partial charge in [0.15, 0.2) is 0 Å². The molecule has 1 aromatic carbocycles. The van der Waals surface area contributed by atoms with Crippen molar-refractivity contribution >= 4 is 17.7 Å². The Hall–Kier alpha value is -2.81. The Labute approximate surface area is 195 Å². The number of amides is 3. The summed E-state index contributed by atoms with van der Waals surface area (Å²) in [6, 6.07) is 4.65. The summed E-state index contributed by atoms with van der Waals surface area (Å²) in [4.78, 5) is 39.0. The molecule has 0 aromatic heterocycles. The van der Waals surface area contributed by atoms with Gasteiger partial charge in [-0.2, -0.15) is 0 Å².